The zero-order valence-corrected chi connectivity index (χ0v) is 14.4. The molecule has 0 spiro atoms. The lowest BCUT2D eigenvalue weighted by Gasteiger charge is -2.07. The van der Waals surface area contributed by atoms with E-state index in [1.54, 1.807) is 31.4 Å². The fraction of sp³-hybridized carbons (Fsp3) is 0.100. The average Bonchev–Trinajstić information content (AvgIpc) is 3.09. The number of amides is 1. The Morgan fingerprint density at radius 1 is 1.11 bits per heavy atom. The van der Waals surface area contributed by atoms with Crippen LogP contribution in [0, 0.1) is 0 Å². The van der Waals surface area contributed by atoms with E-state index in [4.69, 9.17) is 24.0 Å². The van der Waals surface area contributed by atoms with Gasteiger partial charge < -0.3 is 24.0 Å². The molecule has 4 rings (SSSR count). The molecule has 7 heteroatoms. The van der Waals surface area contributed by atoms with Crippen LogP contribution in [0.5, 0.6) is 11.5 Å². The number of nitrogens with two attached hydrogens (primary N) is 1. The highest BCUT2D eigenvalue weighted by molar-refractivity contribution is 5.96. The van der Waals surface area contributed by atoms with Crippen molar-refractivity contribution in [2.24, 2.45) is 5.73 Å². The number of fused-ring (bicyclic) bond motifs is 2. The summed E-state index contributed by atoms with van der Waals surface area (Å²) < 4.78 is 21.9. The first-order valence-electron chi connectivity index (χ1n) is 8.11. The molecule has 0 fully saturated rings. The summed E-state index contributed by atoms with van der Waals surface area (Å²) >= 11 is 0. The molecule has 1 amide bonds. The summed E-state index contributed by atoms with van der Waals surface area (Å²) in [6.45, 7) is -0.251. The molecule has 0 saturated carbocycles. The van der Waals surface area contributed by atoms with Gasteiger partial charge in [-0.2, -0.15) is 0 Å². The van der Waals surface area contributed by atoms with Gasteiger partial charge >= 0.3 is 5.63 Å². The van der Waals surface area contributed by atoms with Crippen LogP contribution in [0.4, 0.5) is 0 Å². The SMILES string of the molecule is COc1cccc2cc(-c3cc(=O)oc4ccc(OCC(N)=O)cc34)oc12. The van der Waals surface area contributed by atoms with Gasteiger partial charge in [0.25, 0.3) is 5.91 Å². The molecule has 0 bridgehead atoms. The average molecular weight is 365 g/mol. The number of carbonyl (C=O) groups is 1. The van der Waals surface area contributed by atoms with Gasteiger partial charge in [0.05, 0.1) is 7.11 Å². The van der Waals surface area contributed by atoms with Crippen LogP contribution in [0.2, 0.25) is 0 Å². The first-order valence-corrected chi connectivity index (χ1v) is 8.11. The van der Waals surface area contributed by atoms with Gasteiger partial charge in [-0.3, -0.25) is 4.79 Å². The number of rotatable bonds is 5. The van der Waals surface area contributed by atoms with Gasteiger partial charge in [-0.15, -0.1) is 0 Å². The lowest BCUT2D eigenvalue weighted by atomic mass is 10.1. The van der Waals surface area contributed by atoms with Gasteiger partial charge in [0.2, 0.25) is 0 Å². The smallest absolute Gasteiger partial charge is 0.336 e. The van der Waals surface area contributed by atoms with Crippen molar-refractivity contribution >= 4 is 27.8 Å². The molecule has 0 aliphatic carbocycles. The summed E-state index contributed by atoms with van der Waals surface area (Å²) in [6.07, 6.45) is 0. The van der Waals surface area contributed by atoms with Crippen molar-refractivity contribution in [2.45, 2.75) is 0 Å². The fourth-order valence-corrected chi connectivity index (χ4v) is 2.92. The molecule has 4 aromatic rings. The van der Waals surface area contributed by atoms with Crippen molar-refractivity contribution in [2.75, 3.05) is 13.7 Å². The van der Waals surface area contributed by atoms with E-state index in [0.717, 1.165) is 5.39 Å². The van der Waals surface area contributed by atoms with Gasteiger partial charge in [0.1, 0.15) is 17.1 Å². The number of methoxy groups -OCH3 is 1. The van der Waals surface area contributed by atoms with Crippen molar-refractivity contribution in [3.63, 3.8) is 0 Å². The van der Waals surface area contributed by atoms with Crippen LogP contribution < -0.4 is 20.8 Å². The predicted molar refractivity (Wildman–Crippen MR) is 98.9 cm³/mol. The van der Waals surface area contributed by atoms with Crippen molar-refractivity contribution in [3.05, 3.63) is 59.0 Å². The minimum absolute atomic E-state index is 0.251. The molecule has 0 unspecified atom stereocenters. The highest BCUT2D eigenvalue weighted by Crippen LogP contribution is 2.36. The Hall–Kier alpha value is -3.74. The molecule has 0 radical (unpaired) electrons. The van der Waals surface area contributed by atoms with Crippen molar-refractivity contribution in [1.82, 2.24) is 0 Å². The van der Waals surface area contributed by atoms with E-state index in [-0.39, 0.29) is 6.61 Å². The Balaban J connectivity index is 1.90. The number of primary amides is 1. The molecule has 2 N–H and O–H groups in total. The van der Waals surface area contributed by atoms with Gasteiger partial charge in [-0.05, 0) is 30.3 Å². The van der Waals surface area contributed by atoms with Crippen molar-refractivity contribution < 1.29 is 23.1 Å². The van der Waals surface area contributed by atoms with E-state index in [2.05, 4.69) is 0 Å². The number of hydrogen-bond donors (Lipinski definition) is 1. The van der Waals surface area contributed by atoms with E-state index >= 15 is 0 Å². The summed E-state index contributed by atoms with van der Waals surface area (Å²) in [4.78, 5) is 22.9. The first-order chi connectivity index (χ1) is 13.0. The number of benzene rings is 2. The third-order valence-electron chi connectivity index (χ3n) is 4.09. The van der Waals surface area contributed by atoms with Crippen LogP contribution in [0.15, 0.2) is 62.2 Å². The number of ether oxygens (including phenoxy) is 2. The number of carbonyl (C=O) groups excluding carboxylic acids is 1. The van der Waals surface area contributed by atoms with Crippen LogP contribution in [0.3, 0.4) is 0 Å². The largest absolute Gasteiger partial charge is 0.493 e. The highest BCUT2D eigenvalue weighted by atomic mass is 16.5. The first kappa shape index (κ1) is 16.7. The molecule has 0 atom stereocenters. The van der Waals surface area contributed by atoms with E-state index < -0.39 is 11.5 Å². The Kier molecular flexibility index (Phi) is 4.04. The van der Waals surface area contributed by atoms with Crippen LogP contribution in [0.25, 0.3) is 33.3 Å². The third-order valence-corrected chi connectivity index (χ3v) is 4.09. The van der Waals surface area contributed by atoms with Crippen LogP contribution >= 0.6 is 0 Å². The Morgan fingerprint density at radius 3 is 2.74 bits per heavy atom. The normalized spacial score (nSPS) is 11.0. The van der Waals surface area contributed by atoms with Crippen molar-refractivity contribution in [3.8, 4) is 22.8 Å². The summed E-state index contributed by atoms with van der Waals surface area (Å²) in [7, 11) is 1.56. The van der Waals surface area contributed by atoms with Gasteiger partial charge in [-0.1, -0.05) is 12.1 Å². The molecule has 0 aliphatic heterocycles. The number of hydrogen-bond acceptors (Lipinski definition) is 6. The second kappa shape index (κ2) is 6.53. The summed E-state index contributed by atoms with van der Waals surface area (Å²) in [6, 6.07) is 13.6. The molecule has 2 aromatic heterocycles. The lowest BCUT2D eigenvalue weighted by Crippen LogP contribution is -2.19. The molecule has 7 nitrogen and oxygen atoms in total. The maximum Gasteiger partial charge on any atom is 0.336 e. The van der Waals surface area contributed by atoms with Crippen molar-refractivity contribution in [1.29, 1.82) is 0 Å². The molecule has 27 heavy (non-hydrogen) atoms. The summed E-state index contributed by atoms with van der Waals surface area (Å²) in [5.41, 5.74) is 6.11. The standard InChI is InChI=1S/C20H15NO6/c1-24-16-4-2-3-11-7-17(27-20(11)16)14-9-19(23)26-15-6-5-12(8-13(14)15)25-10-18(21)22/h2-9H,10H2,1H3,(H2,21,22). The maximum absolute atomic E-state index is 12.0. The van der Waals surface area contributed by atoms with Gasteiger partial charge in [0, 0.05) is 22.4 Å². The topological polar surface area (TPSA) is 105 Å². The zero-order chi connectivity index (χ0) is 19.0. The number of furan rings is 1. The Labute approximate surface area is 152 Å². The summed E-state index contributed by atoms with van der Waals surface area (Å²) in [5.74, 6) is 0.917. The van der Waals surface area contributed by atoms with E-state index in [9.17, 15) is 9.59 Å². The highest BCUT2D eigenvalue weighted by Gasteiger charge is 2.15. The van der Waals surface area contributed by atoms with Crippen LogP contribution in [-0.4, -0.2) is 19.6 Å². The minimum atomic E-state index is -0.584. The maximum atomic E-state index is 12.0. The second-order valence-corrected chi connectivity index (χ2v) is 5.88. The minimum Gasteiger partial charge on any atom is -0.493 e. The Morgan fingerprint density at radius 2 is 1.96 bits per heavy atom. The molecule has 0 aliphatic rings. The third kappa shape index (κ3) is 3.10. The molecular formula is C20H15NO6. The molecular weight excluding hydrogens is 350 g/mol. The second-order valence-electron chi connectivity index (χ2n) is 5.88. The molecule has 0 saturated heterocycles. The summed E-state index contributed by atoms with van der Waals surface area (Å²) in [5, 5.41) is 1.45. The number of para-hydroxylation sites is 1. The monoisotopic (exact) mass is 365 g/mol. The van der Waals surface area contributed by atoms with Gasteiger partial charge in [-0.25, -0.2) is 4.79 Å². The van der Waals surface area contributed by atoms with Crippen LogP contribution in [-0.2, 0) is 4.79 Å². The predicted octanol–water partition coefficient (Wildman–Crippen LogP) is 3.08. The van der Waals surface area contributed by atoms with Crippen LogP contribution in [0.1, 0.15) is 0 Å². The van der Waals surface area contributed by atoms with E-state index in [1.165, 1.54) is 6.07 Å². The van der Waals surface area contributed by atoms with E-state index in [1.807, 2.05) is 18.2 Å². The molecule has 136 valence electrons. The fourth-order valence-electron chi connectivity index (χ4n) is 2.92. The lowest BCUT2D eigenvalue weighted by molar-refractivity contribution is -0.119. The Bertz CT molecular complexity index is 1220. The zero-order valence-electron chi connectivity index (χ0n) is 14.4. The van der Waals surface area contributed by atoms with Gasteiger partial charge in [0.15, 0.2) is 17.9 Å². The molecule has 2 aromatic carbocycles. The molecule has 2 heterocycles. The van der Waals surface area contributed by atoms with E-state index in [0.29, 0.717) is 39.4 Å². The quantitative estimate of drug-likeness (QED) is 0.545.